The van der Waals surface area contributed by atoms with E-state index < -0.39 is 0 Å². The van der Waals surface area contributed by atoms with Gasteiger partial charge in [-0.1, -0.05) is 66.7 Å². The van der Waals surface area contributed by atoms with E-state index >= 15 is 0 Å². The topological polar surface area (TPSA) is 15.8 Å². The highest BCUT2D eigenvalue weighted by Gasteiger charge is 2.10. The summed E-state index contributed by atoms with van der Waals surface area (Å²) in [7, 11) is 0. The summed E-state index contributed by atoms with van der Waals surface area (Å²) in [5.74, 6) is 0. The van der Waals surface area contributed by atoms with E-state index in [9.17, 15) is 0 Å². The Morgan fingerprint density at radius 1 is 0.565 bits per heavy atom. The molecule has 0 fully saturated rings. The second kappa shape index (κ2) is 4.72. The van der Waals surface area contributed by atoms with Crippen molar-refractivity contribution in [2.24, 2.45) is 0 Å². The molecule has 1 N–H and O–H groups in total. The fourth-order valence-electron chi connectivity index (χ4n) is 3.50. The Morgan fingerprint density at radius 2 is 1.35 bits per heavy atom. The summed E-state index contributed by atoms with van der Waals surface area (Å²) in [6.07, 6.45) is 0. The van der Waals surface area contributed by atoms with Gasteiger partial charge in [-0.05, 0) is 40.1 Å². The monoisotopic (exact) mass is 293 g/mol. The molecule has 0 saturated carbocycles. The maximum Gasteiger partial charge on any atom is 0.0471 e. The van der Waals surface area contributed by atoms with Gasteiger partial charge in [-0.25, -0.2) is 0 Å². The number of aromatic nitrogens is 1. The summed E-state index contributed by atoms with van der Waals surface area (Å²) < 4.78 is 0. The Kier molecular flexibility index (Phi) is 2.56. The molecule has 108 valence electrons. The van der Waals surface area contributed by atoms with E-state index in [1.807, 2.05) is 0 Å². The van der Waals surface area contributed by atoms with Gasteiger partial charge in [0.15, 0.2) is 0 Å². The molecule has 0 aliphatic carbocycles. The lowest BCUT2D eigenvalue weighted by atomic mass is 9.97. The highest BCUT2D eigenvalue weighted by molar-refractivity contribution is 6.14. The van der Waals surface area contributed by atoms with Crippen molar-refractivity contribution in [1.82, 2.24) is 4.98 Å². The van der Waals surface area contributed by atoms with Crippen molar-refractivity contribution in [3.63, 3.8) is 0 Å². The van der Waals surface area contributed by atoms with Crippen molar-refractivity contribution in [2.75, 3.05) is 0 Å². The number of para-hydroxylation sites is 1. The van der Waals surface area contributed by atoms with Gasteiger partial charge in [-0.3, -0.25) is 0 Å². The van der Waals surface area contributed by atoms with Crippen molar-refractivity contribution >= 4 is 32.6 Å². The van der Waals surface area contributed by atoms with Crippen LogP contribution in [-0.4, -0.2) is 4.98 Å². The van der Waals surface area contributed by atoms with Gasteiger partial charge in [0.05, 0.1) is 0 Å². The highest BCUT2D eigenvalue weighted by Crippen LogP contribution is 2.35. The molecule has 0 amide bonds. The Morgan fingerprint density at radius 3 is 2.30 bits per heavy atom. The maximum atomic E-state index is 3.53. The molecule has 0 radical (unpaired) electrons. The average Bonchev–Trinajstić information content (AvgIpc) is 3.00. The predicted octanol–water partition coefficient (Wildman–Crippen LogP) is 6.14. The Hall–Kier alpha value is -3.06. The van der Waals surface area contributed by atoms with Gasteiger partial charge in [0.25, 0.3) is 0 Å². The standard InChI is InChI=1S/C22H15N/c1-2-7-16-14-17(13-12-15(16)6-1)18-9-5-11-21-22(18)19-8-3-4-10-20(19)23-21/h1-14,23H. The number of benzene rings is 4. The first-order valence-corrected chi connectivity index (χ1v) is 7.89. The van der Waals surface area contributed by atoms with Crippen LogP contribution < -0.4 is 0 Å². The molecule has 0 atom stereocenters. The quantitative estimate of drug-likeness (QED) is 0.382. The molecule has 4 aromatic carbocycles. The second-order valence-corrected chi connectivity index (χ2v) is 5.96. The van der Waals surface area contributed by atoms with Gasteiger partial charge in [0, 0.05) is 21.8 Å². The average molecular weight is 293 g/mol. The largest absolute Gasteiger partial charge is 0.354 e. The lowest BCUT2D eigenvalue weighted by Crippen LogP contribution is -1.81. The van der Waals surface area contributed by atoms with Gasteiger partial charge in [0.2, 0.25) is 0 Å². The lowest BCUT2D eigenvalue weighted by molar-refractivity contribution is 1.54. The maximum absolute atomic E-state index is 3.53. The number of H-pyrrole nitrogens is 1. The van der Waals surface area contributed by atoms with Crippen LogP contribution in [0.2, 0.25) is 0 Å². The van der Waals surface area contributed by atoms with E-state index in [2.05, 4.69) is 89.9 Å². The van der Waals surface area contributed by atoms with Gasteiger partial charge in [-0.2, -0.15) is 0 Å². The van der Waals surface area contributed by atoms with Crippen LogP contribution in [0.5, 0.6) is 0 Å². The number of fused-ring (bicyclic) bond motifs is 4. The third-order valence-electron chi connectivity index (χ3n) is 4.59. The number of aromatic amines is 1. The molecule has 1 heterocycles. The minimum atomic E-state index is 1.19. The molecule has 0 aliphatic rings. The van der Waals surface area contributed by atoms with Crippen LogP contribution in [0.1, 0.15) is 0 Å². The van der Waals surface area contributed by atoms with Crippen LogP contribution >= 0.6 is 0 Å². The summed E-state index contributed by atoms with van der Waals surface area (Å²) >= 11 is 0. The minimum Gasteiger partial charge on any atom is -0.354 e. The van der Waals surface area contributed by atoms with Gasteiger partial charge in [0.1, 0.15) is 0 Å². The highest BCUT2D eigenvalue weighted by atomic mass is 14.7. The molecular formula is C22H15N. The first-order chi connectivity index (χ1) is 11.4. The molecule has 0 spiro atoms. The third-order valence-corrected chi connectivity index (χ3v) is 4.59. The fourth-order valence-corrected chi connectivity index (χ4v) is 3.50. The van der Waals surface area contributed by atoms with E-state index in [4.69, 9.17) is 0 Å². The molecule has 0 unspecified atom stereocenters. The fraction of sp³-hybridized carbons (Fsp3) is 0. The van der Waals surface area contributed by atoms with Crippen molar-refractivity contribution in [3.8, 4) is 11.1 Å². The Labute approximate surface area is 134 Å². The van der Waals surface area contributed by atoms with Gasteiger partial charge < -0.3 is 4.98 Å². The molecule has 5 aromatic rings. The molecule has 1 heteroatoms. The van der Waals surface area contributed by atoms with Crippen LogP contribution in [-0.2, 0) is 0 Å². The Balaban J connectivity index is 1.87. The van der Waals surface area contributed by atoms with Gasteiger partial charge >= 0.3 is 0 Å². The van der Waals surface area contributed by atoms with E-state index in [0.29, 0.717) is 0 Å². The summed E-state index contributed by atoms with van der Waals surface area (Å²) in [5, 5.41) is 5.15. The van der Waals surface area contributed by atoms with Crippen LogP contribution in [0.4, 0.5) is 0 Å². The molecular weight excluding hydrogens is 278 g/mol. The molecule has 23 heavy (non-hydrogen) atoms. The van der Waals surface area contributed by atoms with Crippen molar-refractivity contribution in [3.05, 3.63) is 84.9 Å². The van der Waals surface area contributed by atoms with Crippen LogP contribution in [0.3, 0.4) is 0 Å². The van der Waals surface area contributed by atoms with E-state index in [0.717, 1.165) is 0 Å². The molecule has 5 rings (SSSR count). The summed E-state index contributed by atoms with van der Waals surface area (Å²) in [6.45, 7) is 0. The minimum absolute atomic E-state index is 1.19. The zero-order chi connectivity index (χ0) is 15.2. The summed E-state index contributed by atoms with van der Waals surface area (Å²) in [4.78, 5) is 3.53. The summed E-state index contributed by atoms with van der Waals surface area (Å²) in [6, 6.07) is 30.2. The zero-order valence-electron chi connectivity index (χ0n) is 12.6. The van der Waals surface area contributed by atoms with Crippen molar-refractivity contribution in [2.45, 2.75) is 0 Å². The normalized spacial score (nSPS) is 11.5. The van der Waals surface area contributed by atoms with Crippen LogP contribution in [0.15, 0.2) is 84.9 Å². The van der Waals surface area contributed by atoms with Crippen molar-refractivity contribution < 1.29 is 0 Å². The lowest BCUT2D eigenvalue weighted by Gasteiger charge is -2.06. The number of hydrogen-bond donors (Lipinski definition) is 1. The van der Waals surface area contributed by atoms with Crippen LogP contribution in [0.25, 0.3) is 43.7 Å². The summed E-state index contributed by atoms with van der Waals surface area (Å²) in [5.41, 5.74) is 4.93. The molecule has 0 bridgehead atoms. The molecule has 0 aliphatic heterocycles. The molecule has 1 aromatic heterocycles. The van der Waals surface area contributed by atoms with E-state index in [-0.39, 0.29) is 0 Å². The zero-order valence-corrected chi connectivity index (χ0v) is 12.6. The second-order valence-electron chi connectivity index (χ2n) is 5.96. The number of nitrogens with one attached hydrogen (secondary N) is 1. The first kappa shape index (κ1) is 12.5. The number of hydrogen-bond acceptors (Lipinski definition) is 0. The van der Waals surface area contributed by atoms with E-state index in [1.54, 1.807) is 0 Å². The SMILES string of the molecule is c1ccc2cc(-c3cccc4[nH]c5ccccc5c34)ccc2c1. The first-order valence-electron chi connectivity index (χ1n) is 7.89. The Bertz CT molecular complexity index is 1160. The molecule has 0 saturated heterocycles. The smallest absolute Gasteiger partial charge is 0.0471 e. The van der Waals surface area contributed by atoms with Crippen LogP contribution in [0, 0.1) is 0 Å². The van der Waals surface area contributed by atoms with Gasteiger partial charge in [-0.15, -0.1) is 0 Å². The number of rotatable bonds is 1. The van der Waals surface area contributed by atoms with E-state index in [1.165, 1.54) is 43.7 Å². The third kappa shape index (κ3) is 1.87. The van der Waals surface area contributed by atoms with Crippen molar-refractivity contribution in [1.29, 1.82) is 0 Å². The predicted molar refractivity (Wildman–Crippen MR) is 98.7 cm³/mol. The molecule has 1 nitrogen and oxygen atoms in total.